The molecule has 1 N–H and O–H groups in total. The van der Waals surface area contributed by atoms with Crippen molar-refractivity contribution in [3.63, 3.8) is 0 Å². The normalized spacial score (nSPS) is 11.7. The fraction of sp³-hybridized carbons (Fsp3) is 0.250. The lowest BCUT2D eigenvalue weighted by molar-refractivity contribution is 0.598. The van der Waals surface area contributed by atoms with E-state index in [0.717, 1.165) is 11.1 Å². The van der Waals surface area contributed by atoms with Gasteiger partial charge >= 0.3 is 0 Å². The molecule has 5 nitrogen and oxygen atoms in total. The Morgan fingerprint density at radius 2 is 2.00 bits per heavy atom. The third-order valence-electron chi connectivity index (χ3n) is 2.76. The van der Waals surface area contributed by atoms with E-state index in [1.807, 2.05) is 26.0 Å². The lowest BCUT2D eigenvalue weighted by atomic mass is 10.1. The number of imidazole rings is 1. The molecule has 1 aromatic carbocycles. The third-order valence-corrected chi connectivity index (χ3v) is 5.22. The number of benzene rings is 1. The third kappa shape index (κ3) is 2.84. The molecule has 0 saturated carbocycles. The fourth-order valence-electron chi connectivity index (χ4n) is 1.80. The zero-order valence-corrected chi connectivity index (χ0v) is 14.3. The highest BCUT2D eigenvalue weighted by Gasteiger charge is 2.24. The maximum atomic E-state index is 12.3. The number of nitrogens with one attached hydrogen (secondary N) is 1. The van der Waals surface area contributed by atoms with Gasteiger partial charge in [-0.15, -0.1) is 0 Å². The van der Waals surface area contributed by atoms with Gasteiger partial charge in [-0.05, 0) is 47.0 Å². The quantitative estimate of drug-likeness (QED) is 0.891. The van der Waals surface area contributed by atoms with E-state index in [4.69, 9.17) is 11.6 Å². The molecule has 2 rings (SSSR count). The lowest BCUT2D eigenvalue weighted by Crippen LogP contribution is -2.15. The summed E-state index contributed by atoms with van der Waals surface area (Å²) < 4.78 is 29.3. The number of halogens is 2. The predicted octanol–water partition coefficient (Wildman–Crippen LogP) is 3.25. The van der Waals surface area contributed by atoms with Crippen LogP contribution in [0.3, 0.4) is 0 Å². The molecule has 0 aliphatic carbocycles. The van der Waals surface area contributed by atoms with E-state index in [9.17, 15) is 8.42 Å². The van der Waals surface area contributed by atoms with Crippen LogP contribution in [-0.4, -0.2) is 18.0 Å². The number of aromatic nitrogens is 2. The summed E-state index contributed by atoms with van der Waals surface area (Å²) in [7, 11) is -2.20. The summed E-state index contributed by atoms with van der Waals surface area (Å²) in [6, 6.07) is 3.73. The molecule has 1 heterocycles. The molecule has 0 aliphatic rings. The van der Waals surface area contributed by atoms with Crippen molar-refractivity contribution in [3.05, 3.63) is 39.2 Å². The predicted molar refractivity (Wildman–Crippen MR) is 82.6 cm³/mol. The maximum absolute atomic E-state index is 12.3. The first-order valence-electron chi connectivity index (χ1n) is 5.69. The fourth-order valence-corrected chi connectivity index (χ4v) is 4.29. The lowest BCUT2D eigenvalue weighted by Gasteiger charge is -2.12. The van der Waals surface area contributed by atoms with Crippen molar-refractivity contribution in [2.24, 2.45) is 7.05 Å². The number of rotatable bonds is 3. The smallest absolute Gasteiger partial charge is 0.282 e. The number of sulfonamides is 1. The Labute approximate surface area is 131 Å². The van der Waals surface area contributed by atoms with Gasteiger partial charge < -0.3 is 4.57 Å². The van der Waals surface area contributed by atoms with E-state index in [1.54, 1.807) is 7.05 Å². The van der Waals surface area contributed by atoms with Crippen molar-refractivity contribution in [2.45, 2.75) is 18.9 Å². The first kappa shape index (κ1) is 15.3. The minimum Gasteiger partial charge on any atom is -0.324 e. The SMILES string of the molecule is Cc1cc(C)c(NS(=O)(=O)c2ncn(C)c2Cl)c(Br)c1. The largest absolute Gasteiger partial charge is 0.324 e. The molecule has 0 unspecified atom stereocenters. The minimum absolute atomic E-state index is 0.0680. The van der Waals surface area contributed by atoms with Crippen molar-refractivity contribution in [2.75, 3.05) is 4.72 Å². The zero-order valence-electron chi connectivity index (χ0n) is 11.1. The monoisotopic (exact) mass is 377 g/mol. The van der Waals surface area contributed by atoms with E-state index in [0.29, 0.717) is 10.2 Å². The molecule has 0 spiro atoms. The van der Waals surface area contributed by atoms with Gasteiger partial charge in [0.2, 0.25) is 5.03 Å². The first-order valence-corrected chi connectivity index (χ1v) is 8.34. The summed E-state index contributed by atoms with van der Waals surface area (Å²) in [6.07, 6.45) is 1.36. The Morgan fingerprint density at radius 3 is 2.50 bits per heavy atom. The van der Waals surface area contributed by atoms with Crippen molar-refractivity contribution < 1.29 is 8.42 Å². The Bertz CT molecular complexity index is 748. The second-order valence-electron chi connectivity index (χ2n) is 4.50. The number of nitrogens with zero attached hydrogens (tertiary/aromatic N) is 2. The highest BCUT2D eigenvalue weighted by Crippen LogP contribution is 2.30. The minimum atomic E-state index is -3.82. The van der Waals surface area contributed by atoms with Gasteiger partial charge in [-0.1, -0.05) is 17.7 Å². The van der Waals surface area contributed by atoms with Crippen LogP contribution in [0.1, 0.15) is 11.1 Å². The molecule has 0 fully saturated rings. The molecule has 0 amide bonds. The highest BCUT2D eigenvalue weighted by molar-refractivity contribution is 9.10. The number of hydrogen-bond donors (Lipinski definition) is 1. The molecule has 0 saturated heterocycles. The molecule has 0 radical (unpaired) electrons. The highest BCUT2D eigenvalue weighted by atomic mass is 79.9. The Hall–Kier alpha value is -1.05. The van der Waals surface area contributed by atoms with E-state index in [1.165, 1.54) is 10.9 Å². The molecule has 0 atom stereocenters. The van der Waals surface area contributed by atoms with Gasteiger partial charge in [0.15, 0.2) is 0 Å². The zero-order chi connectivity index (χ0) is 15.1. The first-order chi connectivity index (χ1) is 9.22. The van der Waals surface area contributed by atoms with Crippen LogP contribution in [0.2, 0.25) is 5.15 Å². The molecule has 20 heavy (non-hydrogen) atoms. The van der Waals surface area contributed by atoms with Crippen molar-refractivity contribution in [3.8, 4) is 0 Å². The van der Waals surface area contributed by atoms with Crippen LogP contribution in [0.25, 0.3) is 0 Å². The Balaban J connectivity index is 2.47. The molecule has 2 aromatic rings. The van der Waals surface area contributed by atoms with Crippen LogP contribution in [-0.2, 0) is 17.1 Å². The van der Waals surface area contributed by atoms with Crippen LogP contribution in [0.15, 0.2) is 28.0 Å². The van der Waals surface area contributed by atoms with E-state index in [2.05, 4.69) is 25.6 Å². The Kier molecular flexibility index (Phi) is 4.13. The average Bonchev–Trinajstić information content (AvgIpc) is 2.65. The maximum Gasteiger partial charge on any atom is 0.282 e. The Morgan fingerprint density at radius 1 is 1.35 bits per heavy atom. The summed E-state index contributed by atoms with van der Waals surface area (Å²) >= 11 is 9.30. The summed E-state index contributed by atoms with van der Waals surface area (Å²) in [4.78, 5) is 3.83. The molecular formula is C12H13BrClN3O2S. The van der Waals surface area contributed by atoms with Gasteiger partial charge in [0, 0.05) is 11.5 Å². The summed E-state index contributed by atoms with van der Waals surface area (Å²) in [5.74, 6) is 0. The number of anilines is 1. The summed E-state index contributed by atoms with van der Waals surface area (Å²) in [5.41, 5.74) is 2.33. The molecule has 1 aromatic heterocycles. The van der Waals surface area contributed by atoms with Gasteiger partial charge in [0.25, 0.3) is 10.0 Å². The summed E-state index contributed by atoms with van der Waals surface area (Å²) in [5, 5.41) is -0.119. The molecule has 108 valence electrons. The van der Waals surface area contributed by atoms with Crippen LogP contribution >= 0.6 is 27.5 Å². The molecular weight excluding hydrogens is 366 g/mol. The van der Waals surface area contributed by atoms with E-state index < -0.39 is 10.0 Å². The van der Waals surface area contributed by atoms with Crippen molar-refractivity contribution >= 4 is 43.2 Å². The summed E-state index contributed by atoms with van der Waals surface area (Å²) in [6.45, 7) is 3.77. The van der Waals surface area contributed by atoms with Gasteiger partial charge in [-0.3, -0.25) is 4.72 Å². The van der Waals surface area contributed by atoms with Crippen molar-refractivity contribution in [1.82, 2.24) is 9.55 Å². The number of aryl methyl sites for hydroxylation is 3. The molecule has 0 aliphatic heterocycles. The van der Waals surface area contributed by atoms with Gasteiger partial charge in [0.05, 0.1) is 12.0 Å². The van der Waals surface area contributed by atoms with Crippen LogP contribution in [0.4, 0.5) is 5.69 Å². The second-order valence-corrected chi connectivity index (χ2v) is 7.31. The van der Waals surface area contributed by atoms with Gasteiger partial charge in [-0.2, -0.15) is 8.42 Å². The number of hydrogen-bond acceptors (Lipinski definition) is 3. The van der Waals surface area contributed by atoms with Crippen molar-refractivity contribution in [1.29, 1.82) is 0 Å². The van der Waals surface area contributed by atoms with Crippen LogP contribution < -0.4 is 4.72 Å². The molecule has 0 bridgehead atoms. The standard InChI is InChI=1S/C12H13BrClN3O2S/c1-7-4-8(2)10(9(13)5-7)16-20(18,19)12-11(14)17(3)6-15-12/h4-6,16H,1-3H3. The van der Waals surface area contributed by atoms with Crippen LogP contribution in [0, 0.1) is 13.8 Å². The van der Waals surface area contributed by atoms with E-state index in [-0.39, 0.29) is 10.2 Å². The average molecular weight is 379 g/mol. The van der Waals surface area contributed by atoms with Crippen LogP contribution in [0.5, 0.6) is 0 Å². The second kappa shape index (κ2) is 5.38. The van der Waals surface area contributed by atoms with E-state index >= 15 is 0 Å². The molecule has 8 heteroatoms. The van der Waals surface area contributed by atoms with Gasteiger partial charge in [0.1, 0.15) is 5.15 Å². The topological polar surface area (TPSA) is 64.0 Å². The van der Waals surface area contributed by atoms with Gasteiger partial charge in [-0.25, -0.2) is 4.98 Å².